The smallest absolute Gasteiger partial charge is 0.255 e. The zero-order chi connectivity index (χ0) is 14.4. The first-order chi connectivity index (χ1) is 9.70. The molecule has 1 aromatic heterocycles. The molecule has 4 N–H and O–H groups in total. The predicted molar refractivity (Wildman–Crippen MR) is 76.3 cm³/mol. The van der Waals surface area contributed by atoms with Crippen molar-refractivity contribution in [1.29, 1.82) is 0 Å². The Hall–Kier alpha value is -2.40. The molecule has 1 heterocycles. The highest BCUT2D eigenvalue weighted by Gasteiger charge is 2.09. The SMILES string of the molecule is NCCc1ccc(CNC(=O)c2ccncc2O)cc1. The molecule has 0 bridgehead atoms. The Labute approximate surface area is 117 Å². The van der Waals surface area contributed by atoms with Gasteiger partial charge in [0, 0.05) is 12.7 Å². The molecule has 2 rings (SSSR count). The van der Waals surface area contributed by atoms with Crippen molar-refractivity contribution in [2.75, 3.05) is 6.54 Å². The van der Waals surface area contributed by atoms with Gasteiger partial charge in [0.2, 0.25) is 0 Å². The Bertz CT molecular complexity index is 582. The maximum atomic E-state index is 11.9. The van der Waals surface area contributed by atoms with Crippen LogP contribution in [-0.2, 0) is 13.0 Å². The van der Waals surface area contributed by atoms with Crippen LogP contribution in [0.15, 0.2) is 42.7 Å². The van der Waals surface area contributed by atoms with Crippen molar-refractivity contribution in [2.24, 2.45) is 5.73 Å². The lowest BCUT2D eigenvalue weighted by Crippen LogP contribution is -2.22. The second-order valence-corrected chi connectivity index (χ2v) is 4.43. The normalized spacial score (nSPS) is 10.2. The summed E-state index contributed by atoms with van der Waals surface area (Å²) in [6.07, 6.45) is 3.56. The predicted octanol–water partition coefficient (Wildman–Crippen LogP) is 1.22. The van der Waals surface area contributed by atoms with Gasteiger partial charge in [0.25, 0.3) is 5.91 Å². The fraction of sp³-hybridized carbons (Fsp3) is 0.200. The Morgan fingerprint density at radius 2 is 1.90 bits per heavy atom. The minimum atomic E-state index is -0.323. The van der Waals surface area contributed by atoms with E-state index in [1.165, 1.54) is 24.0 Å². The fourth-order valence-electron chi connectivity index (χ4n) is 1.85. The second kappa shape index (κ2) is 6.68. The van der Waals surface area contributed by atoms with Gasteiger partial charge in [-0.05, 0) is 30.2 Å². The molecule has 0 saturated heterocycles. The highest BCUT2D eigenvalue weighted by molar-refractivity contribution is 5.96. The number of benzene rings is 1. The average molecular weight is 271 g/mol. The summed E-state index contributed by atoms with van der Waals surface area (Å²) in [5.74, 6) is -0.445. The molecule has 0 fully saturated rings. The Morgan fingerprint density at radius 1 is 1.20 bits per heavy atom. The van der Waals surface area contributed by atoms with Crippen molar-refractivity contribution in [3.8, 4) is 5.75 Å². The molecule has 1 amide bonds. The third-order valence-corrected chi connectivity index (χ3v) is 2.95. The summed E-state index contributed by atoms with van der Waals surface area (Å²) >= 11 is 0. The Morgan fingerprint density at radius 3 is 2.55 bits per heavy atom. The van der Waals surface area contributed by atoms with Crippen LogP contribution < -0.4 is 11.1 Å². The number of hydrogen-bond donors (Lipinski definition) is 3. The van der Waals surface area contributed by atoms with E-state index in [2.05, 4.69) is 10.3 Å². The van der Waals surface area contributed by atoms with Gasteiger partial charge >= 0.3 is 0 Å². The van der Waals surface area contributed by atoms with E-state index in [-0.39, 0.29) is 17.2 Å². The van der Waals surface area contributed by atoms with E-state index in [0.29, 0.717) is 13.1 Å². The number of rotatable bonds is 5. The van der Waals surface area contributed by atoms with Gasteiger partial charge in [-0.1, -0.05) is 24.3 Å². The van der Waals surface area contributed by atoms with Gasteiger partial charge in [-0.25, -0.2) is 0 Å². The zero-order valence-corrected chi connectivity index (χ0v) is 11.0. The molecular weight excluding hydrogens is 254 g/mol. The van der Waals surface area contributed by atoms with Crippen molar-refractivity contribution in [2.45, 2.75) is 13.0 Å². The van der Waals surface area contributed by atoms with Crippen LogP contribution in [0.4, 0.5) is 0 Å². The van der Waals surface area contributed by atoms with E-state index in [9.17, 15) is 9.90 Å². The molecule has 0 unspecified atom stereocenters. The number of amides is 1. The van der Waals surface area contributed by atoms with E-state index in [1.807, 2.05) is 24.3 Å². The summed E-state index contributed by atoms with van der Waals surface area (Å²) in [4.78, 5) is 15.6. The summed E-state index contributed by atoms with van der Waals surface area (Å²) < 4.78 is 0. The average Bonchev–Trinajstić information content (AvgIpc) is 2.47. The van der Waals surface area contributed by atoms with Gasteiger partial charge in [-0.3, -0.25) is 9.78 Å². The topological polar surface area (TPSA) is 88.2 Å². The molecule has 5 nitrogen and oxygen atoms in total. The molecule has 104 valence electrons. The molecule has 0 aliphatic heterocycles. The zero-order valence-electron chi connectivity index (χ0n) is 11.0. The van der Waals surface area contributed by atoms with Gasteiger partial charge in [-0.15, -0.1) is 0 Å². The van der Waals surface area contributed by atoms with Crippen LogP contribution in [-0.4, -0.2) is 22.5 Å². The summed E-state index contributed by atoms with van der Waals surface area (Å²) in [6.45, 7) is 1.03. The van der Waals surface area contributed by atoms with Gasteiger partial charge in [0.1, 0.15) is 5.75 Å². The fourth-order valence-corrected chi connectivity index (χ4v) is 1.85. The molecule has 1 aromatic carbocycles. The maximum absolute atomic E-state index is 11.9. The van der Waals surface area contributed by atoms with Crippen LogP contribution in [0.25, 0.3) is 0 Å². The van der Waals surface area contributed by atoms with Crippen LogP contribution >= 0.6 is 0 Å². The van der Waals surface area contributed by atoms with E-state index in [0.717, 1.165) is 12.0 Å². The minimum Gasteiger partial charge on any atom is -0.505 e. The number of nitrogens with one attached hydrogen (secondary N) is 1. The molecule has 0 aliphatic carbocycles. The van der Waals surface area contributed by atoms with Crippen LogP contribution in [0.5, 0.6) is 5.75 Å². The first-order valence-electron chi connectivity index (χ1n) is 6.40. The molecular formula is C15H17N3O2. The molecule has 0 atom stereocenters. The van der Waals surface area contributed by atoms with E-state index >= 15 is 0 Å². The van der Waals surface area contributed by atoms with Crippen LogP contribution in [0, 0.1) is 0 Å². The molecule has 0 aliphatic rings. The van der Waals surface area contributed by atoms with Crippen molar-refractivity contribution in [3.63, 3.8) is 0 Å². The van der Waals surface area contributed by atoms with Crippen molar-refractivity contribution >= 4 is 5.91 Å². The van der Waals surface area contributed by atoms with E-state index in [4.69, 9.17) is 5.73 Å². The summed E-state index contributed by atoms with van der Waals surface area (Å²) in [6, 6.07) is 9.39. The van der Waals surface area contributed by atoms with Crippen molar-refractivity contribution in [3.05, 3.63) is 59.4 Å². The van der Waals surface area contributed by atoms with Crippen LogP contribution in [0.2, 0.25) is 0 Å². The largest absolute Gasteiger partial charge is 0.505 e. The monoisotopic (exact) mass is 271 g/mol. The number of aromatic nitrogens is 1. The lowest BCUT2D eigenvalue weighted by molar-refractivity contribution is 0.0948. The lowest BCUT2D eigenvalue weighted by Gasteiger charge is -2.07. The van der Waals surface area contributed by atoms with Gasteiger partial charge in [0.15, 0.2) is 0 Å². The summed E-state index contributed by atoms with van der Waals surface area (Å²) in [5, 5.41) is 12.3. The summed E-state index contributed by atoms with van der Waals surface area (Å²) in [5.41, 5.74) is 7.88. The molecule has 0 radical (unpaired) electrons. The molecule has 5 heteroatoms. The van der Waals surface area contributed by atoms with Gasteiger partial charge in [0.05, 0.1) is 11.8 Å². The number of carbonyl (C=O) groups is 1. The highest BCUT2D eigenvalue weighted by atomic mass is 16.3. The quantitative estimate of drug-likeness (QED) is 0.763. The molecule has 0 saturated carbocycles. The maximum Gasteiger partial charge on any atom is 0.255 e. The lowest BCUT2D eigenvalue weighted by atomic mass is 10.1. The van der Waals surface area contributed by atoms with Gasteiger partial charge in [-0.2, -0.15) is 0 Å². The summed E-state index contributed by atoms with van der Waals surface area (Å²) in [7, 11) is 0. The first-order valence-corrected chi connectivity index (χ1v) is 6.40. The standard InChI is InChI=1S/C15H17N3O2/c16-7-5-11-1-3-12(4-2-11)9-18-15(20)13-6-8-17-10-14(13)19/h1-4,6,8,10,19H,5,7,9,16H2,(H,18,20). The third kappa shape index (κ3) is 3.55. The molecule has 0 spiro atoms. The highest BCUT2D eigenvalue weighted by Crippen LogP contribution is 2.13. The van der Waals surface area contributed by atoms with E-state index in [1.54, 1.807) is 0 Å². The number of aromatic hydroxyl groups is 1. The Balaban J connectivity index is 1.95. The van der Waals surface area contributed by atoms with Crippen LogP contribution in [0.3, 0.4) is 0 Å². The van der Waals surface area contributed by atoms with Gasteiger partial charge < -0.3 is 16.2 Å². The molecule has 2 aromatic rings. The number of pyridine rings is 1. The second-order valence-electron chi connectivity index (χ2n) is 4.43. The third-order valence-electron chi connectivity index (χ3n) is 2.95. The van der Waals surface area contributed by atoms with Crippen LogP contribution in [0.1, 0.15) is 21.5 Å². The Kier molecular flexibility index (Phi) is 4.68. The number of nitrogens with two attached hydrogens (primary N) is 1. The number of nitrogens with zero attached hydrogens (tertiary/aromatic N) is 1. The van der Waals surface area contributed by atoms with Crippen molar-refractivity contribution < 1.29 is 9.90 Å². The first kappa shape index (κ1) is 14.0. The van der Waals surface area contributed by atoms with Crippen molar-refractivity contribution in [1.82, 2.24) is 10.3 Å². The molecule has 20 heavy (non-hydrogen) atoms. The minimum absolute atomic E-state index is 0.122. The number of carbonyl (C=O) groups excluding carboxylic acids is 1. The number of hydrogen-bond acceptors (Lipinski definition) is 4. The van der Waals surface area contributed by atoms with E-state index < -0.39 is 0 Å².